The summed E-state index contributed by atoms with van der Waals surface area (Å²) in [5.41, 5.74) is 3.73. The number of hydrogen-bond acceptors (Lipinski definition) is 2. The van der Waals surface area contributed by atoms with E-state index in [0.717, 1.165) is 16.7 Å². The van der Waals surface area contributed by atoms with E-state index in [-0.39, 0.29) is 5.78 Å². The van der Waals surface area contributed by atoms with Crippen molar-refractivity contribution in [3.05, 3.63) is 83.4 Å². The van der Waals surface area contributed by atoms with Crippen molar-refractivity contribution in [1.82, 2.24) is 0 Å². The summed E-state index contributed by atoms with van der Waals surface area (Å²) in [6, 6.07) is 17.6. The fourth-order valence-electron chi connectivity index (χ4n) is 2.08. The number of benzene rings is 2. The zero-order chi connectivity index (χ0) is 15.9. The van der Waals surface area contributed by atoms with Gasteiger partial charge in [0.05, 0.1) is 0 Å². The van der Waals surface area contributed by atoms with Crippen LogP contribution in [0, 0.1) is 0 Å². The van der Waals surface area contributed by atoms with Crippen LogP contribution in [0.25, 0.3) is 6.08 Å². The van der Waals surface area contributed by atoms with Gasteiger partial charge in [-0.15, -0.1) is 0 Å². The first-order valence-corrected chi connectivity index (χ1v) is 7.30. The van der Waals surface area contributed by atoms with Crippen LogP contribution in [0.1, 0.15) is 22.8 Å². The minimum absolute atomic E-state index is 0.0632. The maximum absolute atomic E-state index is 12.2. The van der Waals surface area contributed by atoms with Crippen molar-refractivity contribution >= 4 is 17.5 Å². The van der Waals surface area contributed by atoms with Crippen molar-refractivity contribution in [2.24, 2.45) is 0 Å². The predicted octanol–water partition coefficient (Wildman–Crippen LogP) is 4.60. The monoisotopic (exact) mass is 291 g/mol. The van der Waals surface area contributed by atoms with Crippen LogP contribution in [-0.2, 0) is 0 Å². The minimum Gasteiger partial charge on any atom is -0.378 e. The van der Waals surface area contributed by atoms with E-state index in [0.29, 0.717) is 0 Å². The molecule has 0 aliphatic carbocycles. The molecule has 2 heteroatoms. The molecule has 0 N–H and O–H groups in total. The summed E-state index contributed by atoms with van der Waals surface area (Å²) in [6.45, 7) is 1.84. The van der Waals surface area contributed by atoms with Crippen molar-refractivity contribution in [3.63, 3.8) is 0 Å². The predicted molar refractivity (Wildman–Crippen MR) is 94.3 cm³/mol. The molecule has 22 heavy (non-hydrogen) atoms. The van der Waals surface area contributed by atoms with E-state index in [4.69, 9.17) is 0 Å². The summed E-state index contributed by atoms with van der Waals surface area (Å²) in [7, 11) is 4.04. The summed E-state index contributed by atoms with van der Waals surface area (Å²) in [5, 5.41) is 0. The van der Waals surface area contributed by atoms with Crippen molar-refractivity contribution < 1.29 is 4.79 Å². The highest BCUT2D eigenvalue weighted by atomic mass is 16.1. The molecule has 0 aliphatic rings. The van der Waals surface area contributed by atoms with E-state index >= 15 is 0 Å². The lowest BCUT2D eigenvalue weighted by Crippen LogP contribution is -2.07. The van der Waals surface area contributed by atoms with Crippen LogP contribution in [0.5, 0.6) is 0 Å². The molecule has 0 bridgehead atoms. The Hall–Kier alpha value is -2.61. The summed E-state index contributed by atoms with van der Waals surface area (Å²) in [5.74, 6) is 0.0632. The fraction of sp³-hybridized carbons (Fsp3) is 0.150. The fourth-order valence-corrected chi connectivity index (χ4v) is 2.08. The van der Waals surface area contributed by atoms with Crippen molar-refractivity contribution in [1.29, 1.82) is 0 Å². The number of carbonyl (C=O) groups excluding carboxylic acids is 1. The second-order valence-corrected chi connectivity index (χ2v) is 5.39. The molecule has 2 aromatic rings. The first kappa shape index (κ1) is 15.8. The van der Waals surface area contributed by atoms with Crippen LogP contribution in [0.4, 0.5) is 5.69 Å². The Bertz CT molecular complexity index is 679. The number of ketones is 1. The van der Waals surface area contributed by atoms with Crippen LogP contribution in [0.2, 0.25) is 0 Å². The molecule has 2 nitrogen and oxygen atoms in total. The van der Waals surface area contributed by atoms with E-state index in [1.165, 1.54) is 5.69 Å². The highest BCUT2D eigenvalue weighted by Gasteiger charge is 2.05. The summed E-state index contributed by atoms with van der Waals surface area (Å²) < 4.78 is 0. The Balaban J connectivity index is 2.05. The number of rotatable bonds is 5. The van der Waals surface area contributed by atoms with Crippen LogP contribution < -0.4 is 4.90 Å². The Morgan fingerprint density at radius 2 is 1.59 bits per heavy atom. The number of nitrogens with zero attached hydrogens (tertiary/aromatic N) is 1. The zero-order valence-corrected chi connectivity index (χ0v) is 13.3. The van der Waals surface area contributed by atoms with Gasteiger partial charge in [0.2, 0.25) is 0 Å². The highest BCUT2D eigenvalue weighted by Crippen LogP contribution is 2.13. The van der Waals surface area contributed by atoms with Gasteiger partial charge in [-0.25, -0.2) is 0 Å². The van der Waals surface area contributed by atoms with Gasteiger partial charge in [-0.3, -0.25) is 4.79 Å². The lowest BCUT2D eigenvalue weighted by Gasteiger charge is -2.11. The first-order chi connectivity index (χ1) is 10.6. The van der Waals surface area contributed by atoms with Gasteiger partial charge in [-0.05, 0) is 30.2 Å². The molecule has 0 aliphatic heterocycles. The first-order valence-electron chi connectivity index (χ1n) is 7.30. The van der Waals surface area contributed by atoms with Gasteiger partial charge in [-0.1, -0.05) is 60.7 Å². The van der Waals surface area contributed by atoms with E-state index in [9.17, 15) is 4.79 Å². The number of allylic oxidation sites excluding steroid dienone is 3. The molecular weight excluding hydrogens is 270 g/mol. The maximum atomic E-state index is 12.2. The van der Waals surface area contributed by atoms with Gasteiger partial charge in [0.15, 0.2) is 5.78 Å². The Morgan fingerprint density at radius 3 is 2.18 bits per heavy atom. The average Bonchev–Trinajstić information content (AvgIpc) is 2.55. The van der Waals surface area contributed by atoms with E-state index in [2.05, 4.69) is 29.2 Å². The van der Waals surface area contributed by atoms with Gasteiger partial charge >= 0.3 is 0 Å². The van der Waals surface area contributed by atoms with Crippen molar-refractivity contribution in [2.75, 3.05) is 19.0 Å². The van der Waals surface area contributed by atoms with Crippen LogP contribution in [0.3, 0.4) is 0 Å². The lowest BCUT2D eigenvalue weighted by atomic mass is 10.0. The number of Topliss-reactive ketones (excluding diaryl/α,β-unsaturated/α-hetero) is 1. The van der Waals surface area contributed by atoms with Crippen LogP contribution in [0.15, 0.2) is 72.3 Å². The molecule has 0 radical (unpaired) electrons. The number of carbonyl (C=O) groups is 1. The molecule has 2 rings (SSSR count). The molecule has 0 fully saturated rings. The molecule has 0 atom stereocenters. The number of anilines is 1. The zero-order valence-electron chi connectivity index (χ0n) is 13.3. The smallest absolute Gasteiger partial charge is 0.188 e. The summed E-state index contributed by atoms with van der Waals surface area (Å²) in [4.78, 5) is 14.3. The lowest BCUT2D eigenvalue weighted by molar-refractivity contribution is 0.103. The second-order valence-electron chi connectivity index (χ2n) is 5.39. The standard InChI is InChI=1S/C20H21NO/c1-16(20(22)18-10-5-4-6-11-18)8-7-9-17-12-14-19(15-13-17)21(2)3/h4-15H,1-3H3. The van der Waals surface area contributed by atoms with Gasteiger partial charge in [0, 0.05) is 25.3 Å². The minimum atomic E-state index is 0.0632. The molecule has 0 aromatic heterocycles. The molecule has 0 spiro atoms. The van der Waals surface area contributed by atoms with Gasteiger partial charge < -0.3 is 4.90 Å². The molecule has 0 saturated carbocycles. The Labute approximate surface area is 132 Å². The van der Waals surface area contributed by atoms with E-state index in [1.807, 2.05) is 69.6 Å². The van der Waals surface area contributed by atoms with Gasteiger partial charge in [0.1, 0.15) is 0 Å². The third kappa shape index (κ3) is 4.19. The largest absolute Gasteiger partial charge is 0.378 e. The molecule has 2 aromatic carbocycles. The molecule has 0 heterocycles. The summed E-state index contributed by atoms with van der Waals surface area (Å²) >= 11 is 0. The van der Waals surface area contributed by atoms with Crippen molar-refractivity contribution in [3.8, 4) is 0 Å². The van der Waals surface area contributed by atoms with E-state index < -0.39 is 0 Å². The Morgan fingerprint density at radius 1 is 0.955 bits per heavy atom. The molecular formula is C20H21NO. The van der Waals surface area contributed by atoms with Gasteiger partial charge in [0.25, 0.3) is 0 Å². The molecule has 0 amide bonds. The van der Waals surface area contributed by atoms with E-state index in [1.54, 1.807) is 0 Å². The van der Waals surface area contributed by atoms with Crippen molar-refractivity contribution in [2.45, 2.75) is 6.92 Å². The second kappa shape index (κ2) is 7.41. The Kier molecular flexibility index (Phi) is 5.31. The van der Waals surface area contributed by atoms with Crippen LogP contribution in [-0.4, -0.2) is 19.9 Å². The average molecular weight is 291 g/mol. The van der Waals surface area contributed by atoms with Crippen LogP contribution >= 0.6 is 0 Å². The molecule has 112 valence electrons. The van der Waals surface area contributed by atoms with Gasteiger partial charge in [-0.2, -0.15) is 0 Å². The summed E-state index contributed by atoms with van der Waals surface area (Å²) in [6.07, 6.45) is 5.78. The highest BCUT2D eigenvalue weighted by molar-refractivity contribution is 6.08. The normalized spacial score (nSPS) is 11.7. The SMILES string of the molecule is CC(=CC=Cc1ccc(N(C)C)cc1)C(=O)c1ccccc1. The topological polar surface area (TPSA) is 20.3 Å². The maximum Gasteiger partial charge on any atom is 0.188 e. The number of hydrogen-bond donors (Lipinski definition) is 0. The quantitative estimate of drug-likeness (QED) is 0.456. The third-order valence-corrected chi connectivity index (χ3v) is 3.44. The molecule has 0 unspecified atom stereocenters. The third-order valence-electron chi connectivity index (χ3n) is 3.44. The molecule has 0 saturated heterocycles.